The summed E-state index contributed by atoms with van der Waals surface area (Å²) < 4.78 is 25.8. The van der Waals surface area contributed by atoms with E-state index < -0.39 is 9.84 Å². The standard InChI is InChI=1S/C28H29N3O3S/c29-25-15-23(16-30-17-25)28(32)22-12-7-13-31(26-19-35(33,34)18-24(26)14-22)27(20-8-3-1-4-9-20)21-10-5-2-6-11-21/h1-6,8-12,15-17,24,26-27H,7,13-14,18-19,29H2/b22-12-/t24-,26+/m0/s1. The van der Waals surface area contributed by atoms with Crippen LogP contribution in [0.1, 0.15) is 40.4 Å². The third-order valence-corrected chi connectivity index (χ3v) is 8.78. The molecule has 1 saturated heterocycles. The van der Waals surface area contributed by atoms with Crippen LogP contribution in [-0.2, 0) is 9.84 Å². The van der Waals surface area contributed by atoms with Gasteiger partial charge in [-0.1, -0.05) is 66.7 Å². The predicted molar refractivity (Wildman–Crippen MR) is 138 cm³/mol. The number of pyridine rings is 1. The number of nitrogens with two attached hydrogens (primary N) is 1. The second-order valence-corrected chi connectivity index (χ2v) is 11.6. The fourth-order valence-corrected chi connectivity index (χ4v) is 7.61. The minimum atomic E-state index is -3.23. The topological polar surface area (TPSA) is 93.4 Å². The molecular formula is C28H29N3O3S. The van der Waals surface area contributed by atoms with Gasteiger partial charge < -0.3 is 5.73 Å². The summed E-state index contributed by atoms with van der Waals surface area (Å²) in [6.45, 7) is 0.650. The summed E-state index contributed by atoms with van der Waals surface area (Å²) in [5.74, 6) is -0.0947. The molecule has 2 aromatic carbocycles. The number of carbonyl (C=O) groups is 1. The minimum absolute atomic E-state index is 0.0676. The number of fused-ring (bicyclic) bond motifs is 1. The Balaban J connectivity index is 1.54. The number of allylic oxidation sites excluding steroid dienone is 1. The van der Waals surface area contributed by atoms with Gasteiger partial charge in [0.05, 0.1) is 23.2 Å². The Bertz CT molecular complexity index is 1300. The Morgan fingerprint density at radius 1 is 0.971 bits per heavy atom. The number of hydrogen-bond donors (Lipinski definition) is 1. The molecule has 35 heavy (non-hydrogen) atoms. The summed E-state index contributed by atoms with van der Waals surface area (Å²) in [5, 5.41) is 0. The summed E-state index contributed by atoms with van der Waals surface area (Å²) in [6, 6.07) is 21.9. The van der Waals surface area contributed by atoms with E-state index in [1.807, 2.05) is 42.5 Å². The number of benzene rings is 2. The van der Waals surface area contributed by atoms with Crippen LogP contribution in [-0.4, -0.2) is 48.2 Å². The highest BCUT2D eigenvalue weighted by Gasteiger charge is 2.44. The van der Waals surface area contributed by atoms with Gasteiger partial charge in [-0.25, -0.2) is 8.42 Å². The number of aromatic nitrogens is 1. The SMILES string of the molecule is Nc1cncc(C(=O)/C2=C\CCN(C(c3ccccc3)c3ccccc3)[C@@H]3CS(=O)(=O)C[C@@H]3C2)c1. The highest BCUT2D eigenvalue weighted by molar-refractivity contribution is 7.91. The van der Waals surface area contributed by atoms with Gasteiger partial charge >= 0.3 is 0 Å². The van der Waals surface area contributed by atoms with Crippen molar-refractivity contribution in [3.63, 3.8) is 0 Å². The van der Waals surface area contributed by atoms with Crippen LogP contribution in [0, 0.1) is 5.92 Å². The quantitative estimate of drug-likeness (QED) is 0.546. The third-order valence-electron chi connectivity index (χ3n) is 7.00. The average Bonchev–Trinajstić information content (AvgIpc) is 3.15. The van der Waals surface area contributed by atoms with Crippen molar-refractivity contribution < 1.29 is 13.2 Å². The molecule has 6 nitrogen and oxygen atoms in total. The molecule has 0 bridgehead atoms. The Labute approximate surface area is 206 Å². The van der Waals surface area contributed by atoms with Crippen molar-refractivity contribution in [2.45, 2.75) is 24.9 Å². The number of hydrogen-bond acceptors (Lipinski definition) is 6. The van der Waals surface area contributed by atoms with Gasteiger partial charge in [-0.3, -0.25) is 14.7 Å². The number of anilines is 1. The number of rotatable bonds is 5. The van der Waals surface area contributed by atoms with E-state index in [1.165, 1.54) is 12.4 Å². The molecule has 1 aromatic heterocycles. The lowest BCUT2D eigenvalue weighted by atomic mass is 9.85. The van der Waals surface area contributed by atoms with E-state index in [9.17, 15) is 13.2 Å². The van der Waals surface area contributed by atoms with Crippen molar-refractivity contribution in [1.29, 1.82) is 0 Å². The van der Waals surface area contributed by atoms with Crippen LogP contribution in [0.4, 0.5) is 5.69 Å². The van der Waals surface area contributed by atoms with Crippen molar-refractivity contribution >= 4 is 21.3 Å². The van der Waals surface area contributed by atoms with E-state index in [4.69, 9.17) is 5.73 Å². The zero-order valence-electron chi connectivity index (χ0n) is 19.5. The van der Waals surface area contributed by atoms with E-state index in [0.717, 1.165) is 11.1 Å². The predicted octanol–water partition coefficient (Wildman–Crippen LogP) is 4.07. The number of nitrogen functional groups attached to an aromatic ring is 1. The van der Waals surface area contributed by atoms with Crippen molar-refractivity contribution in [3.8, 4) is 0 Å². The van der Waals surface area contributed by atoms with Crippen LogP contribution < -0.4 is 5.73 Å². The molecule has 0 spiro atoms. The van der Waals surface area contributed by atoms with E-state index in [-0.39, 0.29) is 35.3 Å². The zero-order valence-corrected chi connectivity index (χ0v) is 20.3. The summed E-state index contributed by atoms with van der Waals surface area (Å²) in [6.07, 6.45) is 6.08. The van der Waals surface area contributed by atoms with Gasteiger partial charge in [0.1, 0.15) is 0 Å². The van der Waals surface area contributed by atoms with E-state index in [2.05, 4.69) is 34.1 Å². The van der Waals surface area contributed by atoms with Gasteiger partial charge in [0.25, 0.3) is 0 Å². The Morgan fingerprint density at radius 2 is 1.63 bits per heavy atom. The molecule has 3 aromatic rings. The van der Waals surface area contributed by atoms with Crippen molar-refractivity contribution in [2.75, 3.05) is 23.8 Å². The molecule has 0 saturated carbocycles. The molecule has 2 atom stereocenters. The monoisotopic (exact) mass is 487 g/mol. The summed E-state index contributed by atoms with van der Waals surface area (Å²) >= 11 is 0. The van der Waals surface area contributed by atoms with Crippen LogP contribution >= 0.6 is 0 Å². The molecule has 3 heterocycles. The molecule has 0 unspecified atom stereocenters. The summed E-state index contributed by atoms with van der Waals surface area (Å²) in [4.78, 5) is 19.7. The van der Waals surface area contributed by atoms with Crippen LogP contribution in [0.25, 0.3) is 0 Å². The first-order chi connectivity index (χ1) is 16.9. The normalized spacial score (nSPS) is 23.6. The molecule has 7 heteroatoms. The highest BCUT2D eigenvalue weighted by Crippen LogP contribution is 2.39. The number of carbonyl (C=O) groups excluding carboxylic acids is 1. The largest absolute Gasteiger partial charge is 0.397 e. The Hall–Kier alpha value is -3.29. The van der Waals surface area contributed by atoms with Crippen LogP contribution in [0.3, 0.4) is 0 Å². The number of sulfone groups is 1. The minimum Gasteiger partial charge on any atom is -0.397 e. The van der Waals surface area contributed by atoms with Crippen LogP contribution in [0.5, 0.6) is 0 Å². The maximum absolute atomic E-state index is 13.3. The zero-order chi connectivity index (χ0) is 24.4. The van der Waals surface area contributed by atoms with Gasteiger partial charge in [0.2, 0.25) is 0 Å². The number of nitrogens with zero attached hydrogens (tertiary/aromatic N) is 2. The Morgan fingerprint density at radius 3 is 2.26 bits per heavy atom. The third kappa shape index (κ3) is 5.06. The lowest BCUT2D eigenvalue weighted by Gasteiger charge is -2.40. The first-order valence-corrected chi connectivity index (χ1v) is 13.7. The van der Waals surface area contributed by atoms with E-state index in [1.54, 1.807) is 6.07 Å². The van der Waals surface area contributed by atoms with Gasteiger partial charge in [-0.15, -0.1) is 0 Å². The van der Waals surface area contributed by atoms with E-state index in [0.29, 0.717) is 36.2 Å². The van der Waals surface area contributed by atoms with Gasteiger partial charge in [0, 0.05) is 30.5 Å². The van der Waals surface area contributed by atoms with Gasteiger partial charge in [-0.05, 0) is 41.5 Å². The lowest BCUT2D eigenvalue weighted by molar-refractivity contribution is 0.100. The fourth-order valence-electron chi connectivity index (χ4n) is 5.50. The van der Waals surface area contributed by atoms with Crippen LogP contribution in [0.2, 0.25) is 0 Å². The lowest BCUT2D eigenvalue weighted by Crippen LogP contribution is -2.45. The first-order valence-electron chi connectivity index (χ1n) is 11.9. The van der Waals surface area contributed by atoms with Crippen molar-refractivity contribution in [1.82, 2.24) is 9.88 Å². The fraction of sp³-hybridized carbons (Fsp3) is 0.286. The second-order valence-electron chi connectivity index (χ2n) is 9.42. The van der Waals surface area contributed by atoms with Gasteiger partial charge in [-0.2, -0.15) is 0 Å². The average molecular weight is 488 g/mol. The maximum atomic E-state index is 13.3. The van der Waals surface area contributed by atoms with Crippen LogP contribution in [0.15, 0.2) is 90.8 Å². The molecular weight excluding hydrogens is 458 g/mol. The molecule has 180 valence electrons. The molecule has 2 aliphatic rings. The molecule has 2 N–H and O–H groups in total. The molecule has 1 fully saturated rings. The molecule has 0 amide bonds. The summed E-state index contributed by atoms with van der Waals surface area (Å²) in [7, 11) is -3.23. The summed E-state index contributed by atoms with van der Waals surface area (Å²) in [5.41, 5.74) is 9.64. The van der Waals surface area contributed by atoms with E-state index >= 15 is 0 Å². The van der Waals surface area contributed by atoms with Gasteiger partial charge in [0.15, 0.2) is 15.6 Å². The molecule has 0 aliphatic carbocycles. The smallest absolute Gasteiger partial charge is 0.190 e. The maximum Gasteiger partial charge on any atom is 0.190 e. The molecule has 5 rings (SSSR count). The number of Topliss-reactive ketones (excluding diaryl/α,β-unsaturated/α-hetero) is 1. The van der Waals surface area contributed by atoms with Crippen molar-refractivity contribution in [3.05, 3.63) is 107 Å². The number of ketones is 1. The Kier molecular flexibility index (Phi) is 6.54. The van der Waals surface area contributed by atoms with Crippen molar-refractivity contribution in [2.24, 2.45) is 5.92 Å². The highest BCUT2D eigenvalue weighted by atomic mass is 32.2. The second kappa shape index (κ2) is 9.76. The first kappa shape index (κ1) is 23.5. The molecule has 0 radical (unpaired) electrons. The molecule has 2 aliphatic heterocycles.